The Morgan fingerprint density at radius 3 is 2.64 bits per heavy atom. The molecule has 0 bridgehead atoms. The van der Waals surface area contributed by atoms with E-state index in [2.05, 4.69) is 15.9 Å². The van der Waals surface area contributed by atoms with E-state index in [0.717, 1.165) is 5.56 Å². The van der Waals surface area contributed by atoms with Crippen LogP contribution < -0.4 is 0 Å². The normalized spacial score (nSPS) is 12.5. The molecule has 1 aromatic rings. The second kappa shape index (κ2) is 5.01. The number of halogens is 3. The van der Waals surface area contributed by atoms with Gasteiger partial charge in [-0.05, 0) is 24.1 Å². The fourth-order valence-corrected chi connectivity index (χ4v) is 1.80. The summed E-state index contributed by atoms with van der Waals surface area (Å²) >= 11 is 14.6. The van der Waals surface area contributed by atoms with Gasteiger partial charge < -0.3 is 5.11 Å². The molecular weight excluding hydrogens is 291 g/mol. The Balaban J connectivity index is 2.82. The predicted octanol–water partition coefficient (Wildman–Crippen LogP) is 3.38. The van der Waals surface area contributed by atoms with E-state index < -0.39 is 10.8 Å². The minimum absolute atomic E-state index is 0.339. The average Bonchev–Trinajstić information content (AvgIpc) is 2.09. The van der Waals surface area contributed by atoms with E-state index >= 15 is 0 Å². The first-order chi connectivity index (χ1) is 6.50. The lowest BCUT2D eigenvalue weighted by Gasteiger charge is -2.06. The first-order valence-corrected chi connectivity index (χ1v) is 5.48. The lowest BCUT2D eigenvalue weighted by atomic mass is 10.1. The highest BCUT2D eigenvalue weighted by Gasteiger charge is 2.15. The Hall–Kier alpha value is -0.250. The second-order valence-corrected chi connectivity index (χ2v) is 4.69. The Bertz CT molecular complexity index is 355. The van der Waals surface area contributed by atoms with Gasteiger partial charge in [0.15, 0.2) is 0 Å². The van der Waals surface area contributed by atoms with Gasteiger partial charge in [-0.1, -0.05) is 45.2 Å². The lowest BCUT2D eigenvalue weighted by molar-refractivity contribution is -0.136. The fourth-order valence-electron chi connectivity index (χ4n) is 0.968. The summed E-state index contributed by atoms with van der Waals surface area (Å²) in [5.74, 6) is -0.906. The third-order valence-electron chi connectivity index (χ3n) is 1.68. The highest BCUT2D eigenvalue weighted by Crippen LogP contribution is 2.23. The van der Waals surface area contributed by atoms with Gasteiger partial charge in [0.25, 0.3) is 0 Å². The Kier molecular flexibility index (Phi) is 4.23. The van der Waals surface area contributed by atoms with Gasteiger partial charge in [0.2, 0.25) is 0 Å². The number of carboxylic acids is 1. The van der Waals surface area contributed by atoms with Crippen LogP contribution in [-0.4, -0.2) is 15.9 Å². The minimum atomic E-state index is -0.906. The number of aliphatic carboxylic acids is 1. The molecule has 1 atom stereocenters. The molecule has 0 aromatic heterocycles. The Morgan fingerprint density at radius 1 is 1.50 bits per heavy atom. The average molecular weight is 298 g/mol. The van der Waals surface area contributed by atoms with Crippen molar-refractivity contribution >= 4 is 45.1 Å². The number of carboxylic acid groups (broad SMARTS) is 1. The summed E-state index contributed by atoms with van der Waals surface area (Å²) < 4.78 is 0. The minimum Gasteiger partial charge on any atom is -0.480 e. The van der Waals surface area contributed by atoms with Crippen LogP contribution in [0.3, 0.4) is 0 Å². The first-order valence-electron chi connectivity index (χ1n) is 3.81. The molecule has 76 valence electrons. The van der Waals surface area contributed by atoms with Gasteiger partial charge in [-0.2, -0.15) is 0 Å². The summed E-state index contributed by atoms with van der Waals surface area (Å²) in [6.07, 6.45) is 0.339. The molecule has 2 nitrogen and oxygen atoms in total. The largest absolute Gasteiger partial charge is 0.480 e. The second-order valence-electron chi connectivity index (χ2n) is 2.75. The molecule has 0 amide bonds. The maximum Gasteiger partial charge on any atom is 0.317 e. The molecule has 0 aliphatic carbocycles. The van der Waals surface area contributed by atoms with Crippen LogP contribution in [0.15, 0.2) is 18.2 Å². The Labute approximate surface area is 100.0 Å². The molecule has 0 radical (unpaired) electrons. The molecule has 14 heavy (non-hydrogen) atoms. The van der Waals surface area contributed by atoms with Gasteiger partial charge in [-0.25, -0.2) is 0 Å². The Morgan fingerprint density at radius 2 is 2.14 bits per heavy atom. The number of alkyl halides is 1. The van der Waals surface area contributed by atoms with Crippen LogP contribution in [0.25, 0.3) is 0 Å². The van der Waals surface area contributed by atoms with Crippen LogP contribution in [0.2, 0.25) is 10.0 Å². The number of hydrogen-bond donors (Lipinski definition) is 1. The van der Waals surface area contributed by atoms with Crippen molar-refractivity contribution in [1.82, 2.24) is 0 Å². The van der Waals surface area contributed by atoms with E-state index in [1.54, 1.807) is 18.2 Å². The molecule has 0 unspecified atom stereocenters. The van der Waals surface area contributed by atoms with Gasteiger partial charge in [-0.3, -0.25) is 4.79 Å². The number of rotatable bonds is 3. The number of hydrogen-bond acceptors (Lipinski definition) is 1. The fraction of sp³-hybridized carbons (Fsp3) is 0.222. The van der Waals surface area contributed by atoms with E-state index in [4.69, 9.17) is 28.3 Å². The van der Waals surface area contributed by atoms with Crippen LogP contribution >= 0.6 is 39.1 Å². The molecule has 0 spiro atoms. The number of benzene rings is 1. The van der Waals surface area contributed by atoms with Crippen molar-refractivity contribution in [3.8, 4) is 0 Å². The zero-order valence-corrected chi connectivity index (χ0v) is 10.1. The highest BCUT2D eigenvalue weighted by atomic mass is 79.9. The predicted molar refractivity (Wildman–Crippen MR) is 60.5 cm³/mol. The summed E-state index contributed by atoms with van der Waals surface area (Å²) in [5.41, 5.74) is 0.764. The molecule has 0 fully saturated rings. The molecule has 0 saturated carbocycles. The maximum atomic E-state index is 10.6. The highest BCUT2D eigenvalue weighted by molar-refractivity contribution is 9.10. The van der Waals surface area contributed by atoms with Crippen LogP contribution in [0.4, 0.5) is 0 Å². The third-order valence-corrected chi connectivity index (χ3v) is 2.98. The summed E-state index contributed by atoms with van der Waals surface area (Å²) in [5, 5.41) is 9.70. The lowest BCUT2D eigenvalue weighted by Crippen LogP contribution is -2.15. The van der Waals surface area contributed by atoms with Crippen LogP contribution in [-0.2, 0) is 11.2 Å². The summed E-state index contributed by atoms with van der Waals surface area (Å²) in [7, 11) is 0. The van der Waals surface area contributed by atoms with Crippen molar-refractivity contribution in [1.29, 1.82) is 0 Å². The molecule has 5 heteroatoms. The zero-order valence-electron chi connectivity index (χ0n) is 7.01. The molecule has 0 aliphatic heterocycles. The van der Waals surface area contributed by atoms with Gasteiger partial charge >= 0.3 is 5.97 Å². The van der Waals surface area contributed by atoms with Gasteiger partial charge in [0.1, 0.15) is 4.83 Å². The standard InChI is InChI=1S/C9H7BrCl2O2/c10-7(9(13)14)3-5-1-2-6(11)4-8(5)12/h1-2,4,7H,3H2,(H,13,14)/t7-/m0/s1. The topological polar surface area (TPSA) is 37.3 Å². The first kappa shape index (κ1) is 11.8. The van der Waals surface area contributed by atoms with E-state index in [-0.39, 0.29) is 0 Å². The van der Waals surface area contributed by atoms with Crippen LogP contribution in [0.5, 0.6) is 0 Å². The van der Waals surface area contributed by atoms with Crippen molar-refractivity contribution < 1.29 is 9.90 Å². The molecule has 1 N–H and O–H groups in total. The molecule has 0 heterocycles. The third kappa shape index (κ3) is 3.15. The smallest absolute Gasteiger partial charge is 0.317 e. The van der Waals surface area contributed by atoms with Crippen molar-refractivity contribution in [2.75, 3.05) is 0 Å². The number of carbonyl (C=O) groups is 1. The zero-order chi connectivity index (χ0) is 10.7. The summed E-state index contributed by atoms with van der Waals surface area (Å²) in [6.45, 7) is 0. The van der Waals surface area contributed by atoms with Gasteiger partial charge in [0.05, 0.1) is 0 Å². The quantitative estimate of drug-likeness (QED) is 0.869. The van der Waals surface area contributed by atoms with Gasteiger partial charge in [-0.15, -0.1) is 0 Å². The van der Waals surface area contributed by atoms with Crippen molar-refractivity contribution in [2.24, 2.45) is 0 Å². The van der Waals surface area contributed by atoms with Crippen molar-refractivity contribution in [3.05, 3.63) is 33.8 Å². The summed E-state index contributed by atoms with van der Waals surface area (Å²) in [4.78, 5) is 9.94. The molecule has 0 aliphatic rings. The van der Waals surface area contributed by atoms with E-state index in [0.29, 0.717) is 16.5 Å². The molecule has 1 aromatic carbocycles. The monoisotopic (exact) mass is 296 g/mol. The van der Waals surface area contributed by atoms with Crippen LogP contribution in [0.1, 0.15) is 5.56 Å². The van der Waals surface area contributed by atoms with Crippen molar-refractivity contribution in [3.63, 3.8) is 0 Å². The van der Waals surface area contributed by atoms with E-state index in [9.17, 15) is 4.79 Å². The van der Waals surface area contributed by atoms with Crippen LogP contribution in [0, 0.1) is 0 Å². The van der Waals surface area contributed by atoms with Crippen molar-refractivity contribution in [2.45, 2.75) is 11.2 Å². The maximum absolute atomic E-state index is 10.6. The molecular formula is C9H7BrCl2O2. The van der Waals surface area contributed by atoms with E-state index in [1.807, 2.05) is 0 Å². The molecule has 0 saturated heterocycles. The molecule has 1 rings (SSSR count). The van der Waals surface area contributed by atoms with E-state index in [1.165, 1.54) is 0 Å². The summed E-state index contributed by atoms with van der Waals surface area (Å²) in [6, 6.07) is 5.01. The van der Waals surface area contributed by atoms with Gasteiger partial charge in [0, 0.05) is 10.0 Å². The SMILES string of the molecule is O=C(O)[C@@H](Br)Cc1ccc(Cl)cc1Cl.